The maximum absolute atomic E-state index is 12.3. The van der Waals surface area contributed by atoms with Crippen LogP contribution in [-0.4, -0.2) is 20.9 Å². The van der Waals surface area contributed by atoms with Crippen molar-refractivity contribution >= 4 is 5.91 Å². The van der Waals surface area contributed by atoms with Crippen LogP contribution < -0.4 is 5.32 Å². The molecular formula is C14H13F3N4O. The van der Waals surface area contributed by atoms with Crippen molar-refractivity contribution in [3.8, 4) is 0 Å². The van der Waals surface area contributed by atoms with Crippen LogP contribution in [0.5, 0.6) is 0 Å². The highest BCUT2D eigenvalue weighted by Crippen LogP contribution is 2.25. The number of aromatic nitrogens is 3. The first-order chi connectivity index (χ1) is 10.3. The minimum Gasteiger partial charge on any atom is -0.346 e. The number of carbonyl (C=O) groups is 1. The second-order valence-electron chi connectivity index (χ2n) is 4.68. The summed E-state index contributed by atoms with van der Waals surface area (Å²) in [6.07, 6.45) is -2.93. The smallest absolute Gasteiger partial charge is 0.346 e. The Labute approximate surface area is 124 Å². The lowest BCUT2D eigenvalue weighted by molar-refractivity contribution is -0.145. The molecule has 22 heavy (non-hydrogen) atoms. The van der Waals surface area contributed by atoms with Crippen LogP contribution in [0.25, 0.3) is 0 Å². The fourth-order valence-electron chi connectivity index (χ4n) is 1.65. The Morgan fingerprint density at radius 3 is 2.36 bits per heavy atom. The molecule has 0 spiro atoms. The molecule has 0 aliphatic rings. The van der Waals surface area contributed by atoms with Crippen LogP contribution >= 0.6 is 0 Å². The highest BCUT2D eigenvalue weighted by molar-refractivity contribution is 5.93. The molecule has 0 aliphatic heterocycles. The van der Waals surface area contributed by atoms with Crippen LogP contribution in [-0.2, 0) is 12.7 Å². The molecule has 0 radical (unpaired) electrons. The fraction of sp³-hybridized carbons (Fsp3) is 0.286. The van der Waals surface area contributed by atoms with Gasteiger partial charge in [0, 0.05) is 18.1 Å². The normalized spacial score (nSPS) is 11.3. The van der Waals surface area contributed by atoms with Gasteiger partial charge in [0.2, 0.25) is 5.82 Å². The minimum atomic E-state index is -4.63. The Bertz CT molecular complexity index is 683. The van der Waals surface area contributed by atoms with Gasteiger partial charge in [-0.25, -0.2) is 9.97 Å². The van der Waals surface area contributed by atoms with Gasteiger partial charge in [-0.3, -0.25) is 9.78 Å². The first kappa shape index (κ1) is 15.9. The van der Waals surface area contributed by atoms with Crippen LogP contribution in [0.4, 0.5) is 13.2 Å². The zero-order chi connectivity index (χ0) is 16.3. The maximum Gasteiger partial charge on any atom is 0.451 e. The summed E-state index contributed by atoms with van der Waals surface area (Å²) in [6, 6.07) is 3.65. The van der Waals surface area contributed by atoms with Gasteiger partial charge < -0.3 is 5.32 Å². The van der Waals surface area contributed by atoms with Crippen LogP contribution in [0.1, 0.15) is 33.1 Å². The average Bonchev–Trinajstić information content (AvgIpc) is 2.47. The Kier molecular flexibility index (Phi) is 4.39. The van der Waals surface area contributed by atoms with Gasteiger partial charge in [0.05, 0.1) is 17.8 Å². The number of halogens is 3. The van der Waals surface area contributed by atoms with Gasteiger partial charge in [0.25, 0.3) is 5.91 Å². The zero-order valence-electron chi connectivity index (χ0n) is 11.9. The van der Waals surface area contributed by atoms with E-state index in [2.05, 4.69) is 20.3 Å². The number of hydrogen-bond donors (Lipinski definition) is 1. The van der Waals surface area contributed by atoms with Crippen molar-refractivity contribution in [3.05, 3.63) is 52.9 Å². The SMILES string of the molecule is Cc1ccc(CNC(=O)c2cnc(C(F)(F)F)nc2)nc1C. The summed E-state index contributed by atoms with van der Waals surface area (Å²) in [7, 11) is 0. The molecule has 116 valence electrons. The number of nitrogens with one attached hydrogen (secondary N) is 1. The molecule has 0 fully saturated rings. The molecule has 0 bridgehead atoms. The number of amides is 1. The van der Waals surface area contributed by atoms with Crippen molar-refractivity contribution in [1.29, 1.82) is 0 Å². The zero-order valence-corrected chi connectivity index (χ0v) is 11.9. The summed E-state index contributed by atoms with van der Waals surface area (Å²) < 4.78 is 37.0. The number of rotatable bonds is 3. The summed E-state index contributed by atoms with van der Waals surface area (Å²) in [4.78, 5) is 22.4. The summed E-state index contributed by atoms with van der Waals surface area (Å²) in [6.45, 7) is 3.94. The lowest BCUT2D eigenvalue weighted by Crippen LogP contribution is -2.24. The molecule has 2 rings (SSSR count). The highest BCUT2D eigenvalue weighted by Gasteiger charge is 2.34. The van der Waals surface area contributed by atoms with Crippen molar-refractivity contribution in [2.45, 2.75) is 26.6 Å². The van der Waals surface area contributed by atoms with Gasteiger partial charge in [-0.05, 0) is 25.5 Å². The molecule has 8 heteroatoms. The van der Waals surface area contributed by atoms with Gasteiger partial charge in [0.15, 0.2) is 0 Å². The highest BCUT2D eigenvalue weighted by atomic mass is 19.4. The third kappa shape index (κ3) is 3.78. The lowest BCUT2D eigenvalue weighted by Gasteiger charge is -2.07. The predicted molar refractivity (Wildman–Crippen MR) is 71.9 cm³/mol. The predicted octanol–water partition coefficient (Wildman–Crippen LogP) is 2.44. The van der Waals surface area contributed by atoms with Crippen LogP contribution in [0.3, 0.4) is 0 Å². The number of hydrogen-bond acceptors (Lipinski definition) is 4. The largest absolute Gasteiger partial charge is 0.451 e. The summed E-state index contributed by atoms with van der Waals surface area (Å²) in [5, 5.41) is 2.56. The van der Waals surface area contributed by atoms with Gasteiger partial charge >= 0.3 is 6.18 Å². The molecule has 1 N–H and O–H groups in total. The van der Waals surface area contributed by atoms with Gasteiger partial charge in [-0.2, -0.15) is 13.2 Å². The summed E-state index contributed by atoms with van der Waals surface area (Å²) in [5.41, 5.74) is 2.50. The quantitative estimate of drug-likeness (QED) is 0.945. The fourth-order valence-corrected chi connectivity index (χ4v) is 1.65. The van der Waals surface area contributed by atoms with Crippen molar-refractivity contribution < 1.29 is 18.0 Å². The summed E-state index contributed by atoms with van der Waals surface area (Å²) >= 11 is 0. The second kappa shape index (κ2) is 6.08. The first-order valence-corrected chi connectivity index (χ1v) is 6.38. The number of carbonyl (C=O) groups excluding carboxylic acids is 1. The topological polar surface area (TPSA) is 67.8 Å². The maximum atomic E-state index is 12.3. The molecular weight excluding hydrogens is 297 g/mol. The molecule has 0 saturated carbocycles. The van der Waals surface area contributed by atoms with E-state index in [1.165, 1.54) is 0 Å². The average molecular weight is 310 g/mol. The number of pyridine rings is 1. The van der Waals surface area contributed by atoms with E-state index in [0.717, 1.165) is 23.7 Å². The van der Waals surface area contributed by atoms with Gasteiger partial charge in [-0.15, -0.1) is 0 Å². The van der Waals surface area contributed by atoms with Crippen LogP contribution in [0, 0.1) is 13.8 Å². The van der Waals surface area contributed by atoms with Crippen LogP contribution in [0.15, 0.2) is 24.5 Å². The molecule has 0 saturated heterocycles. The molecule has 0 unspecified atom stereocenters. The molecule has 1 amide bonds. The van der Waals surface area contributed by atoms with Crippen molar-refractivity contribution in [2.24, 2.45) is 0 Å². The van der Waals surface area contributed by atoms with E-state index in [1.54, 1.807) is 6.07 Å². The third-order valence-corrected chi connectivity index (χ3v) is 3.01. The summed E-state index contributed by atoms with van der Waals surface area (Å²) in [5.74, 6) is -1.84. The van der Waals surface area contributed by atoms with Crippen molar-refractivity contribution in [3.63, 3.8) is 0 Å². The van der Waals surface area contributed by atoms with Gasteiger partial charge in [0.1, 0.15) is 0 Å². The Morgan fingerprint density at radius 1 is 1.18 bits per heavy atom. The van der Waals surface area contributed by atoms with E-state index in [-0.39, 0.29) is 12.1 Å². The van der Waals surface area contributed by atoms with E-state index in [0.29, 0.717) is 5.69 Å². The molecule has 2 aromatic heterocycles. The first-order valence-electron chi connectivity index (χ1n) is 6.38. The number of alkyl halides is 3. The van der Waals surface area contributed by atoms with E-state index in [1.807, 2.05) is 19.9 Å². The molecule has 0 aliphatic carbocycles. The molecule has 0 aromatic carbocycles. The van der Waals surface area contributed by atoms with Gasteiger partial charge in [-0.1, -0.05) is 6.07 Å². The van der Waals surface area contributed by atoms with Crippen LogP contribution in [0.2, 0.25) is 0 Å². The van der Waals surface area contributed by atoms with E-state index >= 15 is 0 Å². The van der Waals surface area contributed by atoms with Crippen molar-refractivity contribution in [1.82, 2.24) is 20.3 Å². The third-order valence-electron chi connectivity index (χ3n) is 3.01. The molecule has 0 atom stereocenters. The number of aryl methyl sites for hydroxylation is 2. The molecule has 5 nitrogen and oxygen atoms in total. The van der Waals surface area contributed by atoms with E-state index in [4.69, 9.17) is 0 Å². The lowest BCUT2D eigenvalue weighted by atomic mass is 10.2. The monoisotopic (exact) mass is 310 g/mol. The van der Waals surface area contributed by atoms with E-state index in [9.17, 15) is 18.0 Å². The minimum absolute atomic E-state index is 0.0446. The second-order valence-corrected chi connectivity index (χ2v) is 4.68. The number of nitrogens with zero attached hydrogens (tertiary/aromatic N) is 3. The Balaban J connectivity index is 2.01. The van der Waals surface area contributed by atoms with Crippen molar-refractivity contribution in [2.75, 3.05) is 0 Å². The Morgan fingerprint density at radius 2 is 1.82 bits per heavy atom. The molecule has 2 aromatic rings. The molecule has 2 heterocycles. The Hall–Kier alpha value is -2.51. The standard InChI is InChI=1S/C14H13F3N4O/c1-8-3-4-11(21-9(8)2)7-18-12(22)10-5-19-13(20-6-10)14(15,16)17/h3-6H,7H2,1-2H3,(H,18,22). The van der Waals surface area contributed by atoms with E-state index < -0.39 is 17.9 Å².